The van der Waals surface area contributed by atoms with E-state index in [1.165, 1.54) is 19.1 Å². The molecule has 0 bridgehead atoms. The Morgan fingerprint density at radius 2 is 1.95 bits per heavy atom. The molecule has 38 heavy (non-hydrogen) atoms. The summed E-state index contributed by atoms with van der Waals surface area (Å²) in [4.78, 5) is 39.3. The van der Waals surface area contributed by atoms with Crippen LogP contribution < -0.4 is 0 Å². The van der Waals surface area contributed by atoms with Crippen LogP contribution >= 0.6 is 11.8 Å². The number of hydrogen-bond acceptors (Lipinski definition) is 7. The van der Waals surface area contributed by atoms with Crippen LogP contribution in [-0.2, 0) is 23.9 Å². The van der Waals surface area contributed by atoms with Gasteiger partial charge in [-0.3, -0.25) is 9.59 Å². The number of thioether (sulfide) groups is 1. The van der Waals surface area contributed by atoms with Gasteiger partial charge in [-0.1, -0.05) is 19.9 Å². The molecule has 4 aliphatic carbocycles. The summed E-state index contributed by atoms with van der Waals surface area (Å²) >= 11 is 0.386. The van der Waals surface area contributed by atoms with E-state index in [1.807, 2.05) is 0 Å². The molecule has 1 aliphatic heterocycles. The molecule has 1 heterocycles. The van der Waals surface area contributed by atoms with Crippen LogP contribution in [0.25, 0.3) is 0 Å². The van der Waals surface area contributed by atoms with Crippen LogP contribution in [0.1, 0.15) is 59.8 Å². The number of carbonyl (C=O) groups excluding carboxylic acids is 3. The van der Waals surface area contributed by atoms with Crippen molar-refractivity contribution in [1.82, 2.24) is 0 Å². The third-order valence-electron chi connectivity index (χ3n) is 10.6. The first-order valence-electron chi connectivity index (χ1n) is 13.3. The Morgan fingerprint density at radius 1 is 1.24 bits per heavy atom. The number of allylic oxidation sites excluding steroid dienone is 4. The van der Waals surface area contributed by atoms with Gasteiger partial charge in [-0.25, -0.2) is 18.0 Å². The second-order valence-electron chi connectivity index (χ2n) is 12.3. The number of aliphatic hydroxyl groups is 1. The SMILES string of the molecule is C[C@@H]1C[C@H]2[C@@H]3C[C@H](F)C4=CC(=O)C=C[C@]4(C)[C@@]3(F)[C@@H](O)C[C@]2(C)[C@@]1(OC(=O)[C@@]1(C)CCCO1)C(=O)SCF. The second-order valence-corrected chi connectivity index (χ2v) is 13.2. The number of halogens is 3. The largest absolute Gasteiger partial charge is 0.447 e. The van der Waals surface area contributed by atoms with Crippen molar-refractivity contribution >= 4 is 28.6 Å². The van der Waals surface area contributed by atoms with Crippen molar-refractivity contribution in [2.75, 3.05) is 12.6 Å². The molecule has 4 fully saturated rings. The fourth-order valence-electron chi connectivity index (χ4n) is 8.57. The lowest BCUT2D eigenvalue weighted by Gasteiger charge is -2.63. The maximum absolute atomic E-state index is 17.4. The van der Waals surface area contributed by atoms with Gasteiger partial charge < -0.3 is 14.6 Å². The average molecular weight is 557 g/mol. The van der Waals surface area contributed by atoms with Gasteiger partial charge in [-0.05, 0) is 81.4 Å². The van der Waals surface area contributed by atoms with Crippen LogP contribution in [-0.4, -0.2) is 63.7 Å². The van der Waals surface area contributed by atoms with Crippen LogP contribution in [0, 0.1) is 28.6 Å². The molecule has 210 valence electrons. The van der Waals surface area contributed by atoms with Gasteiger partial charge in [0.2, 0.25) is 5.12 Å². The van der Waals surface area contributed by atoms with Gasteiger partial charge in [0.25, 0.3) is 0 Å². The van der Waals surface area contributed by atoms with Gasteiger partial charge >= 0.3 is 5.97 Å². The Bertz CT molecular complexity index is 1120. The Labute approximate surface area is 224 Å². The summed E-state index contributed by atoms with van der Waals surface area (Å²) in [7, 11) is 0. The minimum absolute atomic E-state index is 0.00510. The average Bonchev–Trinajstić information content (AvgIpc) is 3.39. The minimum Gasteiger partial charge on any atom is -0.447 e. The Kier molecular flexibility index (Phi) is 6.56. The number of carbonyl (C=O) groups is 3. The number of esters is 1. The molecule has 0 aromatic heterocycles. The monoisotopic (exact) mass is 556 g/mol. The number of ketones is 1. The molecule has 0 amide bonds. The van der Waals surface area contributed by atoms with Gasteiger partial charge in [-0.15, -0.1) is 0 Å². The van der Waals surface area contributed by atoms with Gasteiger partial charge in [0.1, 0.15) is 12.2 Å². The topological polar surface area (TPSA) is 89.9 Å². The molecule has 0 aromatic carbocycles. The first kappa shape index (κ1) is 27.9. The highest BCUT2D eigenvalue weighted by molar-refractivity contribution is 8.13. The lowest BCUT2D eigenvalue weighted by molar-refractivity contribution is -0.233. The zero-order chi connectivity index (χ0) is 27.9. The molecule has 5 rings (SSSR count). The molecule has 0 unspecified atom stereocenters. The Balaban J connectivity index is 1.62. The lowest BCUT2D eigenvalue weighted by Crippen LogP contribution is -2.71. The highest BCUT2D eigenvalue weighted by atomic mass is 32.2. The predicted molar refractivity (Wildman–Crippen MR) is 134 cm³/mol. The fourth-order valence-corrected chi connectivity index (χ4v) is 9.36. The van der Waals surface area contributed by atoms with Gasteiger partial charge in [0.05, 0.1) is 6.10 Å². The van der Waals surface area contributed by atoms with E-state index in [0.717, 1.165) is 6.08 Å². The van der Waals surface area contributed by atoms with Crippen LogP contribution in [0.5, 0.6) is 0 Å². The van der Waals surface area contributed by atoms with E-state index in [0.29, 0.717) is 31.2 Å². The number of alkyl halides is 3. The maximum atomic E-state index is 17.4. The van der Waals surface area contributed by atoms with Crippen molar-refractivity contribution in [2.45, 2.75) is 88.9 Å². The zero-order valence-electron chi connectivity index (χ0n) is 22.1. The Morgan fingerprint density at radius 3 is 2.58 bits per heavy atom. The minimum atomic E-state index is -2.33. The lowest BCUT2D eigenvalue weighted by atomic mass is 9.44. The molecular formula is C28H35F3O6S. The molecule has 0 spiro atoms. The van der Waals surface area contributed by atoms with E-state index in [-0.39, 0.29) is 24.8 Å². The highest BCUT2D eigenvalue weighted by Crippen LogP contribution is 2.72. The van der Waals surface area contributed by atoms with E-state index in [9.17, 15) is 23.9 Å². The third-order valence-corrected chi connectivity index (χ3v) is 11.2. The number of aliphatic hydroxyl groups excluding tert-OH is 1. The summed E-state index contributed by atoms with van der Waals surface area (Å²) in [5.74, 6) is -3.55. The molecular weight excluding hydrogens is 521 g/mol. The molecule has 5 aliphatic rings. The molecule has 10 heteroatoms. The normalized spacial score (nSPS) is 49.6. The molecule has 6 nitrogen and oxygen atoms in total. The molecule has 1 N–H and O–H groups in total. The molecule has 10 atom stereocenters. The van der Waals surface area contributed by atoms with Crippen molar-refractivity contribution < 1.29 is 42.1 Å². The number of ether oxygens (including phenoxy) is 2. The van der Waals surface area contributed by atoms with Gasteiger partial charge in [0.15, 0.2) is 22.7 Å². The smallest absolute Gasteiger partial charge is 0.339 e. The van der Waals surface area contributed by atoms with Crippen LogP contribution in [0.15, 0.2) is 23.8 Å². The van der Waals surface area contributed by atoms with Crippen molar-refractivity contribution in [3.8, 4) is 0 Å². The van der Waals surface area contributed by atoms with E-state index < -0.39 is 80.6 Å². The summed E-state index contributed by atoms with van der Waals surface area (Å²) in [6.45, 7) is 6.83. The summed E-state index contributed by atoms with van der Waals surface area (Å²) in [6, 6.07) is -1.05. The summed E-state index contributed by atoms with van der Waals surface area (Å²) < 4.78 is 58.5. The van der Waals surface area contributed by atoms with Crippen molar-refractivity contribution in [3.05, 3.63) is 23.8 Å². The molecule has 0 aromatic rings. The van der Waals surface area contributed by atoms with Crippen molar-refractivity contribution in [2.24, 2.45) is 28.6 Å². The number of hydrogen-bond donors (Lipinski definition) is 1. The molecule has 1 saturated heterocycles. The second kappa shape index (κ2) is 8.93. The van der Waals surface area contributed by atoms with Crippen molar-refractivity contribution in [1.29, 1.82) is 0 Å². The molecule has 3 saturated carbocycles. The predicted octanol–water partition coefficient (Wildman–Crippen LogP) is 4.59. The highest BCUT2D eigenvalue weighted by Gasteiger charge is 2.78. The van der Waals surface area contributed by atoms with E-state index >= 15 is 8.78 Å². The molecule has 0 radical (unpaired) electrons. The first-order valence-corrected chi connectivity index (χ1v) is 14.3. The zero-order valence-corrected chi connectivity index (χ0v) is 22.9. The first-order chi connectivity index (χ1) is 17.7. The third kappa shape index (κ3) is 3.38. The summed E-state index contributed by atoms with van der Waals surface area (Å²) in [5.41, 5.74) is -8.35. The fraction of sp³-hybridized carbons (Fsp3) is 0.750. The quantitative estimate of drug-likeness (QED) is 0.507. The van der Waals surface area contributed by atoms with Gasteiger partial charge in [0, 0.05) is 29.3 Å². The van der Waals surface area contributed by atoms with E-state index in [1.54, 1.807) is 20.8 Å². The standard InChI is InChI=1S/C28H35F3O6S/c1-15-10-17-18-12-20(30)19-11-16(32)6-8-24(19,2)27(18,31)21(33)13-25(17,3)28(15,23(35)38-14-29)37-22(34)26(4)7-5-9-36-26/h6,8,11,15,17-18,20-21,33H,5,7,9-10,12-14H2,1-4H3/t15-,17+,18+,20+,21+,24+,25+,26-,27+,28+/m1/s1. The van der Waals surface area contributed by atoms with Crippen LogP contribution in [0.2, 0.25) is 0 Å². The van der Waals surface area contributed by atoms with Crippen LogP contribution in [0.3, 0.4) is 0 Å². The van der Waals surface area contributed by atoms with Crippen LogP contribution in [0.4, 0.5) is 13.2 Å². The van der Waals surface area contributed by atoms with E-state index in [4.69, 9.17) is 9.47 Å². The number of rotatable bonds is 4. The maximum Gasteiger partial charge on any atom is 0.339 e. The van der Waals surface area contributed by atoms with Gasteiger partial charge in [-0.2, -0.15) is 0 Å². The van der Waals surface area contributed by atoms with Crippen molar-refractivity contribution in [3.63, 3.8) is 0 Å². The summed E-state index contributed by atoms with van der Waals surface area (Å²) in [5, 5.41) is 10.9. The number of fused-ring (bicyclic) bond motifs is 5. The summed E-state index contributed by atoms with van der Waals surface area (Å²) in [6.07, 6.45) is 1.05. The Hall–Kier alpha value is -1.65. The van der Waals surface area contributed by atoms with E-state index in [2.05, 4.69) is 0 Å².